The molecular formula is C20H20FN5O4. The van der Waals surface area contributed by atoms with Gasteiger partial charge in [-0.2, -0.15) is 4.98 Å². The van der Waals surface area contributed by atoms with Crippen molar-refractivity contribution in [3.05, 3.63) is 65.8 Å². The van der Waals surface area contributed by atoms with Gasteiger partial charge in [-0.1, -0.05) is 12.1 Å². The van der Waals surface area contributed by atoms with Crippen molar-refractivity contribution in [3.63, 3.8) is 0 Å². The molecule has 0 saturated carbocycles. The summed E-state index contributed by atoms with van der Waals surface area (Å²) in [7, 11) is 0. The number of phenolic OH excluding ortho intramolecular Hbond substituents is 1. The number of rotatable bonds is 8. The average Bonchev–Trinajstić information content (AvgIpc) is 2.71. The first-order valence-electron chi connectivity index (χ1n) is 9.09. The molecule has 0 aliphatic heterocycles. The number of nitrogens with zero attached hydrogens (tertiary/aromatic N) is 2. The summed E-state index contributed by atoms with van der Waals surface area (Å²) < 4.78 is 18.9. The monoisotopic (exact) mass is 413 g/mol. The van der Waals surface area contributed by atoms with Crippen LogP contribution in [-0.4, -0.2) is 34.2 Å². The van der Waals surface area contributed by atoms with E-state index < -0.39 is 11.8 Å². The van der Waals surface area contributed by atoms with E-state index in [0.29, 0.717) is 17.1 Å². The summed E-state index contributed by atoms with van der Waals surface area (Å²) in [5.74, 6) is -1.24. The lowest BCUT2D eigenvalue weighted by atomic mass is 10.2. The van der Waals surface area contributed by atoms with Crippen molar-refractivity contribution < 1.29 is 24.1 Å². The molecule has 156 valence electrons. The van der Waals surface area contributed by atoms with Gasteiger partial charge in [-0.3, -0.25) is 0 Å². The molecule has 1 aromatic heterocycles. The Morgan fingerprint density at radius 1 is 1.20 bits per heavy atom. The number of aromatic hydroxyl groups is 1. The lowest BCUT2D eigenvalue weighted by Crippen LogP contribution is -3.03. The zero-order valence-corrected chi connectivity index (χ0v) is 16.1. The van der Waals surface area contributed by atoms with Crippen LogP contribution in [0.25, 0.3) is 0 Å². The second kappa shape index (κ2) is 9.63. The minimum atomic E-state index is -0.678. The van der Waals surface area contributed by atoms with Crippen molar-refractivity contribution in [2.24, 2.45) is 0 Å². The maximum absolute atomic E-state index is 14.1. The van der Waals surface area contributed by atoms with Crippen molar-refractivity contribution in [1.29, 1.82) is 0 Å². The number of carbonyl (C=O) groups is 1. The van der Waals surface area contributed by atoms with Crippen LogP contribution in [0, 0.1) is 11.0 Å². The van der Waals surface area contributed by atoms with Crippen molar-refractivity contribution in [2.45, 2.75) is 6.92 Å². The maximum atomic E-state index is 14.1. The van der Waals surface area contributed by atoms with E-state index in [9.17, 15) is 19.5 Å². The third-order valence-electron chi connectivity index (χ3n) is 3.90. The molecular weight excluding hydrogens is 393 g/mol. The fraction of sp³-hybridized carbons (Fsp3) is 0.150. The van der Waals surface area contributed by atoms with Gasteiger partial charge in [0.2, 0.25) is 5.95 Å². The van der Waals surface area contributed by atoms with Gasteiger partial charge >= 0.3 is 5.97 Å². The molecule has 0 bridgehead atoms. The summed E-state index contributed by atoms with van der Waals surface area (Å²) >= 11 is 0. The highest BCUT2D eigenvalue weighted by Gasteiger charge is 2.12. The van der Waals surface area contributed by atoms with Gasteiger partial charge in [0.1, 0.15) is 11.4 Å². The molecule has 1 atom stereocenters. The normalized spacial score (nSPS) is 11.6. The van der Waals surface area contributed by atoms with Crippen LogP contribution in [0.15, 0.2) is 54.7 Å². The number of hydrogen-bond donors (Lipinski definition) is 4. The highest BCUT2D eigenvalue weighted by molar-refractivity contribution is 5.70. The third kappa shape index (κ3) is 5.63. The highest BCUT2D eigenvalue weighted by atomic mass is 19.1. The molecule has 0 aliphatic carbocycles. The summed E-state index contributed by atoms with van der Waals surface area (Å²) in [5, 5.41) is 27.0. The topological polar surface area (TPSA) is 124 Å². The molecule has 0 radical (unpaired) electrons. The number of ether oxygens (including phenoxy) is 1. The molecule has 3 rings (SSSR count). The fourth-order valence-electron chi connectivity index (χ4n) is 2.58. The zero-order chi connectivity index (χ0) is 21.5. The number of aromatic nitrogens is 2. The number of anilines is 4. The Morgan fingerprint density at radius 3 is 2.67 bits per heavy atom. The first-order valence-corrected chi connectivity index (χ1v) is 9.09. The van der Waals surface area contributed by atoms with E-state index >= 15 is 0 Å². The minimum absolute atomic E-state index is 0.0251. The number of halogens is 1. The van der Waals surface area contributed by atoms with E-state index in [-0.39, 0.29) is 35.7 Å². The van der Waals surface area contributed by atoms with Gasteiger partial charge in [-0.05, 0) is 31.2 Å². The summed E-state index contributed by atoms with van der Waals surface area (Å²) in [6, 6.07) is 12.6. The van der Waals surface area contributed by atoms with Gasteiger partial charge < -0.3 is 30.7 Å². The standard InChI is InChI=1S/C20H20FN5O4/c1-2-30-18(28)12-26(29)15-7-3-5-13(9-15)24-20-22-11-17(21)19(25-20)23-14-6-4-8-16(27)10-14/h3-11,26-27H,2,12H2,1H3,(H2,22,23,24,25). The molecule has 1 unspecified atom stereocenters. The van der Waals surface area contributed by atoms with Crippen LogP contribution in [-0.2, 0) is 9.53 Å². The van der Waals surface area contributed by atoms with Gasteiger partial charge in [0.05, 0.1) is 12.8 Å². The Bertz CT molecular complexity index is 1030. The first kappa shape index (κ1) is 21.0. The molecule has 0 saturated heterocycles. The molecule has 0 spiro atoms. The van der Waals surface area contributed by atoms with Crippen LogP contribution in [0.2, 0.25) is 0 Å². The molecule has 0 fully saturated rings. The maximum Gasteiger partial charge on any atom is 0.362 e. The lowest BCUT2D eigenvalue weighted by Gasteiger charge is -2.21. The smallest absolute Gasteiger partial charge is 0.362 e. The predicted octanol–water partition coefficient (Wildman–Crippen LogP) is 2.39. The van der Waals surface area contributed by atoms with Crippen LogP contribution in [0.4, 0.5) is 33.2 Å². The number of benzene rings is 2. The zero-order valence-electron chi connectivity index (χ0n) is 16.1. The SMILES string of the molecule is CCOC(=O)C[NH+]([O-])c1cccc(Nc2ncc(F)c(Nc3cccc(O)c3)n2)c1. The van der Waals surface area contributed by atoms with E-state index in [2.05, 4.69) is 20.6 Å². The van der Waals surface area contributed by atoms with Crippen molar-refractivity contribution in [1.82, 2.24) is 9.97 Å². The Balaban J connectivity index is 1.74. The van der Waals surface area contributed by atoms with E-state index in [1.807, 2.05) is 0 Å². The van der Waals surface area contributed by atoms with Crippen LogP contribution in [0.1, 0.15) is 6.92 Å². The van der Waals surface area contributed by atoms with E-state index in [1.165, 1.54) is 18.2 Å². The van der Waals surface area contributed by atoms with Gasteiger partial charge in [-0.15, -0.1) is 0 Å². The van der Waals surface area contributed by atoms with Crippen molar-refractivity contribution in [2.75, 3.05) is 23.8 Å². The average molecular weight is 413 g/mol. The third-order valence-corrected chi connectivity index (χ3v) is 3.90. The minimum Gasteiger partial charge on any atom is -0.628 e. The van der Waals surface area contributed by atoms with E-state index in [1.54, 1.807) is 37.3 Å². The van der Waals surface area contributed by atoms with E-state index in [4.69, 9.17) is 4.74 Å². The highest BCUT2D eigenvalue weighted by Crippen LogP contribution is 2.23. The van der Waals surface area contributed by atoms with Gasteiger partial charge in [-0.25, -0.2) is 14.2 Å². The molecule has 30 heavy (non-hydrogen) atoms. The van der Waals surface area contributed by atoms with Crippen LogP contribution >= 0.6 is 0 Å². The number of nitrogens with one attached hydrogen (secondary N) is 3. The van der Waals surface area contributed by atoms with Crippen LogP contribution in [0.5, 0.6) is 5.75 Å². The molecule has 1 heterocycles. The Hall–Kier alpha value is -3.76. The summed E-state index contributed by atoms with van der Waals surface area (Å²) in [6.07, 6.45) is 0.996. The molecule has 3 aromatic rings. The van der Waals surface area contributed by atoms with Crippen molar-refractivity contribution >= 4 is 34.8 Å². The van der Waals surface area contributed by atoms with Gasteiger partial charge in [0.15, 0.2) is 18.2 Å². The first-order chi connectivity index (χ1) is 14.4. The number of hydroxylamine groups is 1. The summed E-state index contributed by atoms with van der Waals surface area (Å²) in [4.78, 5) is 19.5. The number of esters is 1. The van der Waals surface area contributed by atoms with E-state index in [0.717, 1.165) is 6.20 Å². The molecule has 9 nitrogen and oxygen atoms in total. The van der Waals surface area contributed by atoms with Gasteiger partial charge in [0.25, 0.3) is 0 Å². The summed E-state index contributed by atoms with van der Waals surface area (Å²) in [5.41, 5.74) is 1.25. The molecule has 10 heteroatoms. The molecule has 2 aromatic carbocycles. The fourth-order valence-corrected chi connectivity index (χ4v) is 2.58. The largest absolute Gasteiger partial charge is 0.628 e. The Kier molecular flexibility index (Phi) is 6.73. The second-order valence-corrected chi connectivity index (χ2v) is 6.18. The number of phenols is 1. The Labute approximate surface area is 171 Å². The second-order valence-electron chi connectivity index (χ2n) is 6.18. The predicted molar refractivity (Wildman–Crippen MR) is 109 cm³/mol. The number of hydrogen-bond acceptors (Lipinski definition) is 8. The Morgan fingerprint density at radius 2 is 1.93 bits per heavy atom. The molecule has 0 aliphatic rings. The van der Waals surface area contributed by atoms with Crippen LogP contribution in [0.3, 0.4) is 0 Å². The molecule has 0 amide bonds. The number of carbonyl (C=O) groups excluding carboxylic acids is 1. The van der Waals surface area contributed by atoms with Crippen LogP contribution < -0.4 is 15.7 Å². The lowest BCUT2D eigenvalue weighted by molar-refractivity contribution is -0.767. The number of quaternary nitrogens is 1. The van der Waals surface area contributed by atoms with Crippen molar-refractivity contribution in [3.8, 4) is 5.75 Å². The quantitative estimate of drug-likeness (QED) is 0.328. The van der Waals surface area contributed by atoms with Gasteiger partial charge in [0, 0.05) is 23.5 Å². The summed E-state index contributed by atoms with van der Waals surface area (Å²) in [6.45, 7) is 1.51. The molecule has 4 N–H and O–H groups in total.